The molecule has 0 aromatic heterocycles. The molecule has 1 amide bonds. The molecule has 1 saturated heterocycles. The van der Waals surface area contributed by atoms with Crippen LogP contribution in [0.15, 0.2) is 18.2 Å². The molecule has 0 spiro atoms. The van der Waals surface area contributed by atoms with Gasteiger partial charge in [0, 0.05) is 24.4 Å². The van der Waals surface area contributed by atoms with Crippen molar-refractivity contribution in [3.05, 3.63) is 29.3 Å². The third-order valence-corrected chi connectivity index (χ3v) is 3.52. The largest absolute Gasteiger partial charge is 0.399 e. The average molecular weight is 262 g/mol. The Labute approximate surface area is 114 Å². The van der Waals surface area contributed by atoms with E-state index in [2.05, 4.69) is 5.32 Å². The molecule has 4 nitrogen and oxygen atoms in total. The number of carbonyl (C=O) groups is 1. The van der Waals surface area contributed by atoms with Gasteiger partial charge in [-0.1, -0.05) is 0 Å². The topological polar surface area (TPSA) is 64.4 Å². The van der Waals surface area contributed by atoms with Gasteiger partial charge in [-0.25, -0.2) is 0 Å². The Balaban J connectivity index is 1.80. The number of nitrogens with one attached hydrogen (secondary N) is 1. The van der Waals surface area contributed by atoms with Crippen LogP contribution in [0.4, 0.5) is 5.69 Å². The van der Waals surface area contributed by atoms with Crippen LogP contribution in [0.1, 0.15) is 41.6 Å². The van der Waals surface area contributed by atoms with Crippen LogP contribution in [-0.4, -0.2) is 25.2 Å². The Morgan fingerprint density at radius 2 is 2.32 bits per heavy atom. The molecule has 0 saturated carbocycles. The number of hydrogen-bond donors (Lipinski definition) is 2. The lowest BCUT2D eigenvalue weighted by Gasteiger charge is -2.22. The molecule has 1 fully saturated rings. The molecule has 1 atom stereocenters. The van der Waals surface area contributed by atoms with Crippen molar-refractivity contribution in [3.8, 4) is 0 Å². The third-order valence-electron chi connectivity index (χ3n) is 3.52. The lowest BCUT2D eigenvalue weighted by atomic mass is 10.1. The van der Waals surface area contributed by atoms with Crippen LogP contribution in [0.3, 0.4) is 0 Å². The van der Waals surface area contributed by atoms with Crippen LogP contribution in [0.2, 0.25) is 0 Å². The Morgan fingerprint density at radius 3 is 3.00 bits per heavy atom. The van der Waals surface area contributed by atoms with Gasteiger partial charge in [0.2, 0.25) is 0 Å². The van der Waals surface area contributed by atoms with Crippen LogP contribution in [0, 0.1) is 6.92 Å². The van der Waals surface area contributed by atoms with Crippen LogP contribution >= 0.6 is 0 Å². The zero-order valence-corrected chi connectivity index (χ0v) is 11.4. The van der Waals surface area contributed by atoms with Gasteiger partial charge < -0.3 is 15.8 Å². The van der Waals surface area contributed by atoms with Crippen molar-refractivity contribution in [3.63, 3.8) is 0 Å². The standard InChI is InChI=1S/C15H22N2O2/c1-11-10-12(16)5-6-14(11)15(18)17-8-7-13-4-2-3-9-19-13/h5-6,10,13H,2-4,7-9,16H2,1H3,(H,17,18). The van der Waals surface area contributed by atoms with Gasteiger partial charge in [-0.15, -0.1) is 0 Å². The Hall–Kier alpha value is -1.55. The van der Waals surface area contributed by atoms with Crippen LogP contribution < -0.4 is 11.1 Å². The molecule has 104 valence electrons. The maximum absolute atomic E-state index is 12.0. The lowest BCUT2D eigenvalue weighted by molar-refractivity contribution is 0.0117. The Morgan fingerprint density at radius 1 is 1.47 bits per heavy atom. The number of ether oxygens (including phenoxy) is 1. The van der Waals surface area contributed by atoms with E-state index in [0.29, 0.717) is 23.9 Å². The second-order valence-corrected chi connectivity index (χ2v) is 5.11. The minimum absolute atomic E-state index is 0.0340. The summed E-state index contributed by atoms with van der Waals surface area (Å²) in [4.78, 5) is 12.0. The van der Waals surface area contributed by atoms with Gasteiger partial charge in [-0.2, -0.15) is 0 Å². The van der Waals surface area contributed by atoms with Crippen molar-refractivity contribution in [2.24, 2.45) is 0 Å². The zero-order valence-electron chi connectivity index (χ0n) is 11.4. The molecule has 0 aliphatic carbocycles. The van der Waals surface area contributed by atoms with Crippen molar-refractivity contribution in [1.29, 1.82) is 0 Å². The quantitative estimate of drug-likeness (QED) is 0.818. The van der Waals surface area contributed by atoms with Crippen LogP contribution in [0.5, 0.6) is 0 Å². The number of nitrogens with two attached hydrogens (primary N) is 1. The van der Waals surface area contributed by atoms with E-state index < -0.39 is 0 Å². The van der Waals surface area contributed by atoms with Crippen molar-refractivity contribution >= 4 is 11.6 Å². The lowest BCUT2D eigenvalue weighted by Crippen LogP contribution is -2.29. The molecule has 1 heterocycles. The van der Waals surface area contributed by atoms with E-state index in [-0.39, 0.29) is 5.91 Å². The average Bonchev–Trinajstić information content (AvgIpc) is 2.39. The van der Waals surface area contributed by atoms with Crippen molar-refractivity contribution < 1.29 is 9.53 Å². The molecule has 1 aromatic carbocycles. The monoisotopic (exact) mass is 262 g/mol. The van der Waals surface area contributed by atoms with Gasteiger partial charge in [-0.05, 0) is 56.4 Å². The minimum Gasteiger partial charge on any atom is -0.399 e. The SMILES string of the molecule is Cc1cc(N)ccc1C(=O)NCCC1CCCCO1. The number of rotatable bonds is 4. The molecular formula is C15H22N2O2. The third kappa shape index (κ3) is 3.96. The van der Waals surface area contributed by atoms with Gasteiger partial charge in [0.05, 0.1) is 6.10 Å². The van der Waals surface area contributed by atoms with Crippen LogP contribution in [-0.2, 0) is 4.74 Å². The number of benzene rings is 1. The molecule has 2 rings (SSSR count). The predicted octanol–water partition coefficient (Wildman–Crippen LogP) is 2.27. The molecule has 0 radical (unpaired) electrons. The zero-order chi connectivity index (χ0) is 13.7. The molecule has 1 aliphatic heterocycles. The summed E-state index contributed by atoms with van der Waals surface area (Å²) < 4.78 is 5.64. The highest BCUT2D eigenvalue weighted by Crippen LogP contribution is 2.15. The molecular weight excluding hydrogens is 240 g/mol. The summed E-state index contributed by atoms with van der Waals surface area (Å²) in [5.41, 5.74) is 7.96. The van der Waals surface area contributed by atoms with E-state index in [9.17, 15) is 4.79 Å². The highest BCUT2D eigenvalue weighted by Gasteiger charge is 2.14. The minimum atomic E-state index is -0.0340. The van der Waals surface area contributed by atoms with Gasteiger partial charge in [0.25, 0.3) is 5.91 Å². The van der Waals surface area contributed by atoms with E-state index in [1.165, 1.54) is 6.42 Å². The fraction of sp³-hybridized carbons (Fsp3) is 0.533. The number of amides is 1. The number of anilines is 1. The fourth-order valence-electron chi connectivity index (χ4n) is 2.42. The van der Waals surface area contributed by atoms with E-state index >= 15 is 0 Å². The molecule has 1 aliphatic rings. The number of nitrogen functional groups attached to an aromatic ring is 1. The smallest absolute Gasteiger partial charge is 0.251 e. The predicted molar refractivity (Wildman–Crippen MR) is 76.1 cm³/mol. The van der Waals surface area contributed by atoms with Gasteiger partial charge >= 0.3 is 0 Å². The van der Waals surface area contributed by atoms with E-state index in [1.54, 1.807) is 12.1 Å². The summed E-state index contributed by atoms with van der Waals surface area (Å²) in [6, 6.07) is 5.35. The second-order valence-electron chi connectivity index (χ2n) is 5.11. The number of hydrogen-bond acceptors (Lipinski definition) is 3. The van der Waals surface area contributed by atoms with Crippen molar-refractivity contribution in [2.45, 2.75) is 38.7 Å². The second kappa shape index (κ2) is 6.57. The summed E-state index contributed by atoms with van der Waals surface area (Å²) in [5, 5.41) is 2.95. The summed E-state index contributed by atoms with van der Waals surface area (Å²) in [6.45, 7) is 3.42. The first-order chi connectivity index (χ1) is 9.16. The summed E-state index contributed by atoms with van der Waals surface area (Å²) in [5.74, 6) is -0.0340. The molecule has 4 heteroatoms. The fourth-order valence-corrected chi connectivity index (χ4v) is 2.42. The van der Waals surface area contributed by atoms with Gasteiger partial charge in [-0.3, -0.25) is 4.79 Å². The first-order valence-electron chi connectivity index (χ1n) is 6.93. The summed E-state index contributed by atoms with van der Waals surface area (Å²) >= 11 is 0. The first-order valence-corrected chi connectivity index (χ1v) is 6.93. The molecule has 19 heavy (non-hydrogen) atoms. The maximum Gasteiger partial charge on any atom is 0.251 e. The maximum atomic E-state index is 12.0. The van der Waals surface area contributed by atoms with E-state index in [1.807, 2.05) is 13.0 Å². The number of carbonyl (C=O) groups excluding carboxylic acids is 1. The van der Waals surface area contributed by atoms with Gasteiger partial charge in [0.1, 0.15) is 0 Å². The molecule has 3 N–H and O–H groups in total. The Bertz CT molecular complexity index is 440. The molecule has 1 aromatic rings. The van der Waals surface area contributed by atoms with Crippen molar-refractivity contribution in [2.75, 3.05) is 18.9 Å². The molecule has 0 bridgehead atoms. The summed E-state index contributed by atoms with van der Waals surface area (Å²) in [6.07, 6.45) is 4.70. The van der Waals surface area contributed by atoms with Crippen molar-refractivity contribution in [1.82, 2.24) is 5.32 Å². The highest BCUT2D eigenvalue weighted by molar-refractivity contribution is 5.95. The van der Waals surface area contributed by atoms with Crippen LogP contribution in [0.25, 0.3) is 0 Å². The molecule has 1 unspecified atom stereocenters. The van der Waals surface area contributed by atoms with E-state index in [0.717, 1.165) is 31.4 Å². The van der Waals surface area contributed by atoms with Gasteiger partial charge in [0.15, 0.2) is 0 Å². The normalized spacial score (nSPS) is 19.1. The first kappa shape index (κ1) is 13.9. The number of aryl methyl sites for hydroxylation is 1. The Kier molecular flexibility index (Phi) is 4.80. The van der Waals surface area contributed by atoms with E-state index in [4.69, 9.17) is 10.5 Å². The highest BCUT2D eigenvalue weighted by atomic mass is 16.5. The summed E-state index contributed by atoms with van der Waals surface area (Å²) in [7, 11) is 0.